The fourth-order valence-electron chi connectivity index (χ4n) is 4.51. The van der Waals surface area contributed by atoms with Gasteiger partial charge in [0.2, 0.25) is 10.0 Å². The molecule has 2 aromatic rings. The van der Waals surface area contributed by atoms with Crippen LogP contribution in [0.5, 0.6) is 0 Å². The van der Waals surface area contributed by atoms with E-state index in [-0.39, 0.29) is 16.6 Å². The molecule has 1 atom stereocenters. The summed E-state index contributed by atoms with van der Waals surface area (Å²) in [4.78, 5) is 15.6. The van der Waals surface area contributed by atoms with Crippen LogP contribution in [0.1, 0.15) is 30.0 Å². The third-order valence-corrected chi connectivity index (χ3v) is 8.13. The van der Waals surface area contributed by atoms with Crippen molar-refractivity contribution in [1.82, 2.24) is 9.21 Å². The first-order valence-electron chi connectivity index (χ1n) is 10.6. The number of anilines is 1. The fraction of sp³-hybridized carbons (Fsp3) is 0.455. The number of benzene rings is 2. The molecule has 0 aliphatic carbocycles. The molecule has 2 aliphatic rings. The second-order valence-electron chi connectivity index (χ2n) is 8.38. The number of nitro benzene ring substituents is 1. The smallest absolute Gasteiger partial charge is 0.293 e. The summed E-state index contributed by atoms with van der Waals surface area (Å²) in [5.41, 5.74) is 2.59. The van der Waals surface area contributed by atoms with E-state index >= 15 is 0 Å². The van der Waals surface area contributed by atoms with Crippen LogP contribution in [-0.2, 0) is 10.0 Å². The van der Waals surface area contributed by atoms with Gasteiger partial charge in [-0.2, -0.15) is 4.31 Å². The summed E-state index contributed by atoms with van der Waals surface area (Å²) in [6.07, 6.45) is 1.83. The number of sulfonamides is 1. The molecule has 4 rings (SSSR count). The van der Waals surface area contributed by atoms with Crippen molar-refractivity contribution in [2.75, 3.05) is 44.7 Å². The predicted molar refractivity (Wildman–Crippen MR) is 120 cm³/mol. The zero-order chi connectivity index (χ0) is 22.2. The van der Waals surface area contributed by atoms with Gasteiger partial charge in [-0.05, 0) is 44.5 Å². The number of aryl methyl sites for hydroxylation is 1. The normalized spacial score (nSPS) is 20.8. The molecular weight excluding hydrogens is 416 g/mol. The average molecular weight is 445 g/mol. The lowest BCUT2D eigenvalue weighted by atomic mass is 10.0. The van der Waals surface area contributed by atoms with E-state index in [1.807, 2.05) is 37.1 Å². The Morgan fingerprint density at radius 3 is 2.45 bits per heavy atom. The predicted octanol–water partition coefficient (Wildman–Crippen LogP) is 3.18. The summed E-state index contributed by atoms with van der Waals surface area (Å²) in [5.74, 6) is 0. The highest BCUT2D eigenvalue weighted by atomic mass is 32.2. The summed E-state index contributed by atoms with van der Waals surface area (Å²) < 4.78 is 27.6. The molecule has 2 aliphatic heterocycles. The number of rotatable bonds is 5. The maximum Gasteiger partial charge on any atom is 0.293 e. The van der Waals surface area contributed by atoms with Crippen LogP contribution in [0.4, 0.5) is 11.4 Å². The van der Waals surface area contributed by atoms with Crippen LogP contribution in [0.3, 0.4) is 0 Å². The lowest BCUT2D eigenvalue weighted by Crippen LogP contribution is -2.47. The second-order valence-corrected chi connectivity index (χ2v) is 10.3. The zero-order valence-corrected chi connectivity index (χ0v) is 18.7. The van der Waals surface area contributed by atoms with Crippen LogP contribution in [0, 0.1) is 17.0 Å². The number of hydrogen-bond donors (Lipinski definition) is 0. The minimum Gasteiger partial charge on any atom is -0.359 e. The number of hydrogen-bond acceptors (Lipinski definition) is 6. The Bertz CT molecular complexity index is 1080. The first-order valence-corrected chi connectivity index (χ1v) is 12.0. The van der Waals surface area contributed by atoms with E-state index in [4.69, 9.17) is 0 Å². The molecule has 2 fully saturated rings. The van der Waals surface area contributed by atoms with Gasteiger partial charge in [-0.3, -0.25) is 10.1 Å². The Labute approximate surface area is 183 Å². The molecule has 31 heavy (non-hydrogen) atoms. The summed E-state index contributed by atoms with van der Waals surface area (Å²) in [6, 6.07) is 12.6. The van der Waals surface area contributed by atoms with Crippen molar-refractivity contribution in [3.63, 3.8) is 0 Å². The SMILES string of the molecule is Cc1cccc(C2CCCN2c2ccc(S(=O)(=O)N3CCN(C)CC3)cc2[N+](=O)[O-])c1. The highest BCUT2D eigenvalue weighted by Gasteiger charge is 2.34. The van der Waals surface area contributed by atoms with Crippen LogP contribution in [0.25, 0.3) is 0 Å². The second kappa shape index (κ2) is 8.57. The van der Waals surface area contributed by atoms with Gasteiger partial charge in [-0.25, -0.2) is 8.42 Å². The Hall–Kier alpha value is -2.49. The summed E-state index contributed by atoms with van der Waals surface area (Å²) >= 11 is 0. The third-order valence-electron chi connectivity index (χ3n) is 6.23. The van der Waals surface area contributed by atoms with E-state index in [0.29, 0.717) is 38.4 Å². The summed E-state index contributed by atoms with van der Waals surface area (Å²) in [7, 11) is -1.82. The van der Waals surface area contributed by atoms with Crippen molar-refractivity contribution in [3.05, 3.63) is 63.7 Å². The van der Waals surface area contributed by atoms with Gasteiger partial charge in [0, 0.05) is 38.8 Å². The summed E-state index contributed by atoms with van der Waals surface area (Å²) in [6.45, 7) is 4.79. The van der Waals surface area contributed by atoms with Gasteiger partial charge in [0.15, 0.2) is 0 Å². The van der Waals surface area contributed by atoms with Crippen LogP contribution < -0.4 is 4.90 Å². The molecule has 8 nitrogen and oxygen atoms in total. The van der Waals surface area contributed by atoms with Gasteiger partial charge >= 0.3 is 0 Å². The lowest BCUT2D eigenvalue weighted by molar-refractivity contribution is -0.384. The third kappa shape index (κ3) is 4.30. The lowest BCUT2D eigenvalue weighted by Gasteiger charge is -2.31. The number of nitro groups is 1. The van der Waals surface area contributed by atoms with E-state index in [0.717, 1.165) is 24.0 Å². The molecule has 0 aromatic heterocycles. The number of nitrogens with zero attached hydrogens (tertiary/aromatic N) is 4. The van der Waals surface area contributed by atoms with Crippen molar-refractivity contribution in [1.29, 1.82) is 0 Å². The monoisotopic (exact) mass is 444 g/mol. The van der Waals surface area contributed by atoms with Crippen molar-refractivity contribution in [2.24, 2.45) is 0 Å². The topological polar surface area (TPSA) is 87.0 Å². The zero-order valence-electron chi connectivity index (χ0n) is 17.9. The Morgan fingerprint density at radius 2 is 1.77 bits per heavy atom. The van der Waals surface area contributed by atoms with Crippen molar-refractivity contribution in [2.45, 2.75) is 30.7 Å². The minimum absolute atomic E-state index is 0.0150. The molecule has 2 heterocycles. The van der Waals surface area contributed by atoms with Crippen LogP contribution in [0.15, 0.2) is 47.4 Å². The van der Waals surface area contributed by atoms with E-state index in [2.05, 4.69) is 11.0 Å². The van der Waals surface area contributed by atoms with Gasteiger partial charge in [0.1, 0.15) is 5.69 Å². The molecule has 0 N–H and O–H groups in total. The Morgan fingerprint density at radius 1 is 1.03 bits per heavy atom. The maximum atomic E-state index is 13.1. The molecule has 0 bridgehead atoms. The van der Waals surface area contributed by atoms with E-state index in [9.17, 15) is 18.5 Å². The standard InChI is InChI=1S/C22H28N4O4S/c1-17-5-3-6-18(15-17)20-7-4-10-25(20)21-9-8-19(16-22(21)26(27)28)31(29,30)24-13-11-23(2)12-14-24/h3,5-6,8-9,15-16,20H,4,7,10-14H2,1-2H3. The van der Waals surface area contributed by atoms with Gasteiger partial charge in [-0.15, -0.1) is 0 Å². The van der Waals surface area contributed by atoms with E-state index < -0.39 is 14.9 Å². The van der Waals surface area contributed by atoms with Gasteiger partial charge in [-0.1, -0.05) is 29.8 Å². The highest BCUT2D eigenvalue weighted by Crippen LogP contribution is 2.41. The molecule has 2 aromatic carbocycles. The van der Waals surface area contributed by atoms with Crippen molar-refractivity contribution < 1.29 is 13.3 Å². The van der Waals surface area contributed by atoms with Gasteiger partial charge in [0.05, 0.1) is 15.9 Å². The van der Waals surface area contributed by atoms with Crippen molar-refractivity contribution >= 4 is 21.4 Å². The van der Waals surface area contributed by atoms with Crippen LogP contribution in [-0.4, -0.2) is 62.3 Å². The minimum atomic E-state index is -3.77. The molecule has 0 saturated carbocycles. The Balaban J connectivity index is 1.69. The van der Waals surface area contributed by atoms with Crippen molar-refractivity contribution in [3.8, 4) is 0 Å². The first kappa shape index (κ1) is 21.7. The quantitative estimate of drug-likeness (QED) is 0.520. The summed E-state index contributed by atoms with van der Waals surface area (Å²) in [5, 5.41) is 11.9. The van der Waals surface area contributed by atoms with Crippen LogP contribution in [0.2, 0.25) is 0 Å². The fourth-order valence-corrected chi connectivity index (χ4v) is 5.95. The van der Waals surface area contributed by atoms with E-state index in [1.165, 1.54) is 16.4 Å². The molecule has 0 amide bonds. The number of piperazine rings is 1. The maximum absolute atomic E-state index is 13.1. The van der Waals surface area contributed by atoms with Gasteiger partial charge < -0.3 is 9.80 Å². The first-order chi connectivity index (χ1) is 14.8. The molecule has 166 valence electrons. The average Bonchev–Trinajstić information content (AvgIpc) is 3.23. The van der Waals surface area contributed by atoms with Crippen LogP contribution >= 0.6 is 0 Å². The molecule has 0 radical (unpaired) electrons. The molecule has 9 heteroatoms. The molecular formula is C22H28N4O4S. The largest absolute Gasteiger partial charge is 0.359 e. The number of likely N-dealkylation sites (N-methyl/N-ethyl adjacent to an activating group) is 1. The van der Waals surface area contributed by atoms with E-state index in [1.54, 1.807) is 6.07 Å². The Kier molecular flexibility index (Phi) is 6.00. The molecule has 1 unspecified atom stereocenters. The highest BCUT2D eigenvalue weighted by molar-refractivity contribution is 7.89. The molecule has 2 saturated heterocycles. The molecule has 0 spiro atoms. The van der Waals surface area contributed by atoms with Gasteiger partial charge in [0.25, 0.3) is 5.69 Å².